The molecule has 0 amide bonds. The normalized spacial score (nSPS) is 13.8. The van der Waals surface area contributed by atoms with Crippen LogP contribution in [0.3, 0.4) is 0 Å². The molecule has 0 aliphatic heterocycles. The Labute approximate surface area is 110 Å². The topological polar surface area (TPSA) is 29.5 Å². The van der Waals surface area contributed by atoms with E-state index in [9.17, 15) is 9.50 Å². The molecule has 0 saturated carbocycles. The van der Waals surface area contributed by atoms with Gasteiger partial charge in [0, 0.05) is 17.5 Å². The third-order valence-electron chi connectivity index (χ3n) is 2.75. The third kappa shape index (κ3) is 4.05. The Hall–Kier alpha value is -0.450. The lowest BCUT2D eigenvalue weighted by Gasteiger charge is -2.30. The van der Waals surface area contributed by atoms with Gasteiger partial charge in [0.2, 0.25) is 0 Å². The van der Waals surface area contributed by atoms with Gasteiger partial charge in [0.05, 0.1) is 11.7 Å². The maximum Gasteiger partial charge on any atom is 0.127 e. The first-order valence-corrected chi connectivity index (χ1v) is 6.42. The minimum absolute atomic E-state index is 0.242. The average molecular weight is 305 g/mol. The van der Waals surface area contributed by atoms with Crippen LogP contribution in [0.25, 0.3) is 0 Å². The summed E-state index contributed by atoms with van der Waals surface area (Å²) in [6.07, 6.45) is -0.496. The molecule has 2 nitrogen and oxygen atoms in total. The van der Waals surface area contributed by atoms with E-state index in [1.54, 1.807) is 26.0 Å². The Kier molecular flexibility index (Phi) is 5.10. The van der Waals surface area contributed by atoms with Crippen molar-refractivity contribution in [3.05, 3.63) is 34.1 Å². The van der Waals surface area contributed by atoms with Crippen molar-refractivity contribution >= 4 is 15.9 Å². The molecule has 0 aromatic heterocycles. The summed E-state index contributed by atoms with van der Waals surface area (Å²) in [5.41, 5.74) is -0.178. The van der Waals surface area contributed by atoms with Crippen LogP contribution in [-0.4, -0.2) is 23.4 Å². The first-order valence-electron chi connectivity index (χ1n) is 5.62. The highest BCUT2D eigenvalue weighted by Crippen LogP contribution is 2.22. The Morgan fingerprint density at radius 3 is 2.65 bits per heavy atom. The zero-order valence-electron chi connectivity index (χ0n) is 10.3. The molecule has 1 atom stereocenters. The quantitative estimate of drug-likeness (QED) is 0.904. The van der Waals surface area contributed by atoms with Gasteiger partial charge >= 0.3 is 0 Å². The fourth-order valence-corrected chi connectivity index (χ4v) is 1.94. The lowest BCUT2D eigenvalue weighted by Crippen LogP contribution is -2.40. The van der Waals surface area contributed by atoms with E-state index in [-0.39, 0.29) is 12.2 Å². The molecule has 0 aliphatic rings. The number of hydrogen-bond donors (Lipinski definition) is 1. The molecular formula is C13H18BrFO2. The molecule has 0 radical (unpaired) electrons. The second-order valence-electron chi connectivity index (χ2n) is 4.49. The molecule has 1 unspecified atom stereocenters. The Morgan fingerprint density at radius 1 is 1.47 bits per heavy atom. The molecule has 1 rings (SSSR count). The van der Waals surface area contributed by atoms with Crippen molar-refractivity contribution < 1.29 is 14.2 Å². The number of ether oxygens (including phenoxy) is 1. The summed E-state index contributed by atoms with van der Waals surface area (Å²) in [4.78, 5) is 0. The van der Waals surface area contributed by atoms with Crippen molar-refractivity contribution in [2.75, 3.05) is 6.61 Å². The van der Waals surface area contributed by atoms with E-state index in [2.05, 4.69) is 15.9 Å². The first-order chi connectivity index (χ1) is 7.86. The van der Waals surface area contributed by atoms with Crippen LogP contribution in [0.1, 0.15) is 26.3 Å². The Bertz CT molecular complexity index is 380. The number of rotatable bonds is 5. The van der Waals surface area contributed by atoms with Crippen molar-refractivity contribution in [2.45, 2.75) is 38.9 Å². The highest BCUT2D eigenvalue weighted by molar-refractivity contribution is 9.10. The van der Waals surface area contributed by atoms with Gasteiger partial charge < -0.3 is 9.84 Å². The molecule has 1 aromatic carbocycles. The van der Waals surface area contributed by atoms with E-state index in [1.165, 1.54) is 6.07 Å². The summed E-state index contributed by atoms with van der Waals surface area (Å²) in [5, 5.41) is 10.1. The van der Waals surface area contributed by atoms with Crippen LogP contribution in [0.4, 0.5) is 4.39 Å². The number of halogens is 2. The lowest BCUT2D eigenvalue weighted by molar-refractivity contribution is -0.0957. The van der Waals surface area contributed by atoms with Gasteiger partial charge in [-0.3, -0.25) is 0 Å². The fourth-order valence-electron chi connectivity index (χ4n) is 1.61. The summed E-state index contributed by atoms with van der Waals surface area (Å²) < 4.78 is 19.7. The smallest absolute Gasteiger partial charge is 0.127 e. The van der Waals surface area contributed by atoms with E-state index >= 15 is 0 Å². The molecule has 1 N–H and O–H groups in total. The maximum absolute atomic E-state index is 13.6. The Balaban J connectivity index is 2.77. The molecular weight excluding hydrogens is 287 g/mol. The predicted octanol–water partition coefficient (Wildman–Crippen LogP) is 3.31. The van der Waals surface area contributed by atoms with Crippen LogP contribution in [-0.2, 0) is 11.2 Å². The molecule has 1 aromatic rings. The van der Waals surface area contributed by atoms with E-state index in [0.717, 1.165) is 0 Å². The van der Waals surface area contributed by atoms with Gasteiger partial charge in [0.25, 0.3) is 0 Å². The second-order valence-corrected chi connectivity index (χ2v) is 5.41. The summed E-state index contributed by atoms with van der Waals surface area (Å²) in [5.74, 6) is -0.314. The van der Waals surface area contributed by atoms with Crippen LogP contribution < -0.4 is 0 Å². The van der Waals surface area contributed by atoms with Crippen molar-refractivity contribution in [1.29, 1.82) is 0 Å². The minimum Gasteiger partial charge on any atom is -0.390 e. The Morgan fingerprint density at radius 2 is 2.12 bits per heavy atom. The predicted molar refractivity (Wildman–Crippen MR) is 69.5 cm³/mol. The molecule has 0 bridgehead atoms. The van der Waals surface area contributed by atoms with Gasteiger partial charge in [-0.05, 0) is 38.5 Å². The van der Waals surface area contributed by atoms with Gasteiger partial charge in [0.15, 0.2) is 0 Å². The summed E-state index contributed by atoms with van der Waals surface area (Å²) in [6.45, 7) is 6.00. The molecule has 0 fully saturated rings. The SMILES string of the molecule is CCOC(C)(C)C(O)Cc1ccc(Br)cc1F. The average Bonchev–Trinajstić information content (AvgIpc) is 2.22. The van der Waals surface area contributed by atoms with E-state index in [1.807, 2.05) is 6.92 Å². The fraction of sp³-hybridized carbons (Fsp3) is 0.538. The van der Waals surface area contributed by atoms with Crippen molar-refractivity contribution in [2.24, 2.45) is 0 Å². The third-order valence-corrected chi connectivity index (χ3v) is 3.24. The number of hydrogen-bond acceptors (Lipinski definition) is 2. The second kappa shape index (κ2) is 5.94. The zero-order valence-corrected chi connectivity index (χ0v) is 11.9. The summed E-state index contributed by atoms with van der Waals surface area (Å²) in [7, 11) is 0. The van der Waals surface area contributed by atoms with E-state index in [4.69, 9.17) is 4.74 Å². The standard InChI is InChI=1S/C13H18BrFO2/c1-4-17-13(2,3)12(16)7-9-5-6-10(14)8-11(9)15/h5-6,8,12,16H,4,7H2,1-3H3. The largest absolute Gasteiger partial charge is 0.390 e. The van der Waals surface area contributed by atoms with Gasteiger partial charge in [-0.15, -0.1) is 0 Å². The van der Waals surface area contributed by atoms with Crippen molar-refractivity contribution in [1.82, 2.24) is 0 Å². The highest BCUT2D eigenvalue weighted by Gasteiger charge is 2.28. The van der Waals surface area contributed by atoms with Crippen LogP contribution >= 0.6 is 15.9 Å². The van der Waals surface area contributed by atoms with Gasteiger partial charge in [-0.25, -0.2) is 4.39 Å². The highest BCUT2D eigenvalue weighted by atomic mass is 79.9. The summed E-state index contributed by atoms with van der Waals surface area (Å²) >= 11 is 3.20. The van der Waals surface area contributed by atoms with Crippen molar-refractivity contribution in [3.8, 4) is 0 Å². The van der Waals surface area contributed by atoms with Gasteiger partial charge in [0.1, 0.15) is 5.82 Å². The van der Waals surface area contributed by atoms with Crippen LogP contribution in [0.15, 0.2) is 22.7 Å². The number of benzene rings is 1. The first kappa shape index (κ1) is 14.6. The van der Waals surface area contributed by atoms with Crippen molar-refractivity contribution in [3.63, 3.8) is 0 Å². The minimum atomic E-state index is -0.738. The lowest BCUT2D eigenvalue weighted by atomic mass is 9.94. The molecule has 17 heavy (non-hydrogen) atoms. The molecule has 0 aliphatic carbocycles. The summed E-state index contributed by atoms with van der Waals surface area (Å²) in [6, 6.07) is 4.83. The number of aliphatic hydroxyl groups excluding tert-OH is 1. The molecule has 0 heterocycles. The molecule has 96 valence electrons. The molecule has 0 saturated heterocycles. The van der Waals surface area contributed by atoms with Crippen LogP contribution in [0.5, 0.6) is 0 Å². The van der Waals surface area contributed by atoms with E-state index < -0.39 is 11.7 Å². The maximum atomic E-state index is 13.6. The zero-order chi connectivity index (χ0) is 13.1. The molecule has 4 heteroatoms. The van der Waals surface area contributed by atoms with Gasteiger partial charge in [-0.1, -0.05) is 22.0 Å². The van der Waals surface area contributed by atoms with Crippen LogP contribution in [0, 0.1) is 5.82 Å². The van der Waals surface area contributed by atoms with Gasteiger partial charge in [-0.2, -0.15) is 0 Å². The molecule has 0 spiro atoms. The van der Waals surface area contributed by atoms with E-state index in [0.29, 0.717) is 16.6 Å². The number of aliphatic hydroxyl groups is 1. The monoisotopic (exact) mass is 304 g/mol. The van der Waals surface area contributed by atoms with Crippen LogP contribution in [0.2, 0.25) is 0 Å².